The number of carbonyl (C=O) groups is 1. The average Bonchev–Trinajstić information content (AvgIpc) is 3.03. The second-order valence-electron chi connectivity index (χ2n) is 5.71. The smallest absolute Gasteiger partial charge is 0.271 e. The molecule has 0 fully saturated rings. The van der Waals surface area contributed by atoms with E-state index in [2.05, 4.69) is 21.5 Å². The maximum atomic E-state index is 12.2. The van der Waals surface area contributed by atoms with Crippen LogP contribution in [0.3, 0.4) is 0 Å². The maximum Gasteiger partial charge on any atom is 0.271 e. The van der Waals surface area contributed by atoms with Crippen LogP contribution in [0.1, 0.15) is 35.3 Å². The van der Waals surface area contributed by atoms with E-state index in [1.807, 2.05) is 25.1 Å². The number of benzene rings is 1. The summed E-state index contributed by atoms with van der Waals surface area (Å²) in [5.41, 5.74) is 1.11. The highest BCUT2D eigenvalue weighted by molar-refractivity contribution is 7.18. The summed E-state index contributed by atoms with van der Waals surface area (Å²) < 4.78 is 2.51. The molecule has 0 unspecified atom stereocenters. The van der Waals surface area contributed by atoms with Gasteiger partial charge in [-0.25, -0.2) is 9.67 Å². The lowest BCUT2D eigenvalue weighted by Crippen LogP contribution is -2.30. The fraction of sp³-hybridized carbons (Fsp3) is 0.333. The molecule has 0 aliphatic heterocycles. The topological polar surface area (TPSA) is 76.9 Å². The Bertz CT molecular complexity index is 899. The van der Waals surface area contributed by atoms with Gasteiger partial charge in [-0.2, -0.15) is 5.10 Å². The minimum Gasteiger partial charge on any atom is -0.351 e. The van der Waals surface area contributed by atoms with Gasteiger partial charge in [0.05, 0.1) is 15.2 Å². The van der Waals surface area contributed by atoms with Crippen molar-refractivity contribution in [1.29, 1.82) is 0 Å². The highest BCUT2D eigenvalue weighted by Crippen LogP contribution is 2.22. The molecule has 0 atom stereocenters. The van der Waals surface area contributed by atoms with Crippen LogP contribution in [0.4, 0.5) is 0 Å². The summed E-state index contributed by atoms with van der Waals surface area (Å²) in [4.78, 5) is 28.4. The van der Waals surface area contributed by atoms with Crippen LogP contribution in [0.2, 0.25) is 0 Å². The molecule has 7 heteroatoms. The zero-order valence-electron chi connectivity index (χ0n) is 14.1. The summed E-state index contributed by atoms with van der Waals surface area (Å²) in [5.74, 6) is -0.255. The summed E-state index contributed by atoms with van der Waals surface area (Å²) in [6.45, 7) is 3.02. The number of para-hydroxylation sites is 1. The van der Waals surface area contributed by atoms with E-state index in [1.54, 1.807) is 11.3 Å². The Hall–Kier alpha value is -2.54. The van der Waals surface area contributed by atoms with Crippen molar-refractivity contribution in [3.05, 3.63) is 57.5 Å². The first kappa shape index (κ1) is 17.3. The molecule has 25 heavy (non-hydrogen) atoms. The number of aryl methyl sites for hydroxylation is 2. The Kier molecular flexibility index (Phi) is 5.55. The number of hydrogen-bond acceptors (Lipinski definition) is 5. The molecule has 1 amide bonds. The van der Waals surface area contributed by atoms with Gasteiger partial charge in [0.25, 0.3) is 11.5 Å². The van der Waals surface area contributed by atoms with Crippen molar-refractivity contribution in [2.75, 3.05) is 6.54 Å². The SMILES string of the molecule is CCCn1nc(C(=O)NCCCc2nc3ccccc3s2)ccc1=O. The predicted octanol–water partition coefficient (Wildman–Crippen LogP) is 2.63. The fourth-order valence-corrected chi connectivity index (χ4v) is 3.51. The van der Waals surface area contributed by atoms with Gasteiger partial charge in [-0.15, -0.1) is 11.3 Å². The molecule has 2 aromatic heterocycles. The summed E-state index contributed by atoms with van der Waals surface area (Å²) in [6.07, 6.45) is 2.42. The Morgan fingerprint density at radius 3 is 2.88 bits per heavy atom. The van der Waals surface area contributed by atoms with E-state index in [4.69, 9.17) is 0 Å². The number of aromatic nitrogens is 3. The van der Waals surface area contributed by atoms with Crippen LogP contribution in [0.5, 0.6) is 0 Å². The first-order valence-corrected chi connectivity index (χ1v) is 9.20. The van der Waals surface area contributed by atoms with Crippen molar-refractivity contribution >= 4 is 27.5 Å². The van der Waals surface area contributed by atoms with Gasteiger partial charge < -0.3 is 5.32 Å². The van der Waals surface area contributed by atoms with Crippen LogP contribution in [0.15, 0.2) is 41.2 Å². The van der Waals surface area contributed by atoms with Crippen molar-refractivity contribution in [3.8, 4) is 0 Å². The van der Waals surface area contributed by atoms with Gasteiger partial charge in [-0.3, -0.25) is 9.59 Å². The van der Waals surface area contributed by atoms with Gasteiger partial charge >= 0.3 is 0 Å². The number of hydrogen-bond donors (Lipinski definition) is 1. The van der Waals surface area contributed by atoms with Crippen molar-refractivity contribution < 1.29 is 4.79 Å². The second-order valence-corrected chi connectivity index (χ2v) is 6.83. The molecule has 130 valence electrons. The number of nitrogens with zero attached hydrogens (tertiary/aromatic N) is 3. The normalized spacial score (nSPS) is 10.9. The number of amides is 1. The number of fused-ring (bicyclic) bond motifs is 1. The van der Waals surface area contributed by atoms with Gasteiger partial charge in [0.2, 0.25) is 0 Å². The second kappa shape index (κ2) is 8.02. The first-order valence-electron chi connectivity index (χ1n) is 8.38. The van der Waals surface area contributed by atoms with E-state index < -0.39 is 0 Å². The van der Waals surface area contributed by atoms with E-state index in [1.165, 1.54) is 21.5 Å². The molecule has 3 aromatic rings. The van der Waals surface area contributed by atoms with Crippen LogP contribution in [-0.4, -0.2) is 27.2 Å². The Balaban J connectivity index is 1.52. The summed E-state index contributed by atoms with van der Waals surface area (Å²) in [5, 5.41) is 8.04. The molecule has 0 spiro atoms. The van der Waals surface area contributed by atoms with Crippen LogP contribution in [-0.2, 0) is 13.0 Å². The molecule has 2 heterocycles. The lowest BCUT2D eigenvalue weighted by molar-refractivity contribution is 0.0945. The lowest BCUT2D eigenvalue weighted by atomic mass is 10.3. The quantitative estimate of drug-likeness (QED) is 0.660. The fourth-order valence-electron chi connectivity index (χ4n) is 2.50. The maximum absolute atomic E-state index is 12.2. The Labute approximate surface area is 149 Å². The first-order chi connectivity index (χ1) is 12.2. The third-order valence-electron chi connectivity index (χ3n) is 3.73. The lowest BCUT2D eigenvalue weighted by Gasteiger charge is -2.06. The Morgan fingerprint density at radius 1 is 1.24 bits per heavy atom. The van der Waals surface area contributed by atoms with Crippen LogP contribution < -0.4 is 10.9 Å². The molecule has 0 bridgehead atoms. The summed E-state index contributed by atoms with van der Waals surface area (Å²) in [7, 11) is 0. The van der Waals surface area contributed by atoms with E-state index in [0.717, 1.165) is 29.8 Å². The van der Waals surface area contributed by atoms with Gasteiger partial charge in [0, 0.05) is 25.6 Å². The van der Waals surface area contributed by atoms with Crippen molar-refractivity contribution in [2.24, 2.45) is 0 Å². The highest BCUT2D eigenvalue weighted by Gasteiger charge is 2.09. The molecule has 1 N–H and O–H groups in total. The molecule has 3 rings (SSSR count). The molecule has 0 radical (unpaired) electrons. The third-order valence-corrected chi connectivity index (χ3v) is 4.82. The summed E-state index contributed by atoms with van der Waals surface area (Å²) >= 11 is 1.69. The molecule has 0 aliphatic rings. The molecule has 0 aliphatic carbocycles. The van der Waals surface area contributed by atoms with Crippen molar-refractivity contribution in [3.63, 3.8) is 0 Å². The van der Waals surface area contributed by atoms with Crippen LogP contribution in [0, 0.1) is 0 Å². The highest BCUT2D eigenvalue weighted by atomic mass is 32.1. The largest absolute Gasteiger partial charge is 0.351 e. The Morgan fingerprint density at radius 2 is 2.08 bits per heavy atom. The van der Waals surface area contributed by atoms with Crippen LogP contribution >= 0.6 is 11.3 Å². The molecular weight excluding hydrogens is 336 g/mol. The molecule has 0 saturated carbocycles. The zero-order chi connectivity index (χ0) is 17.6. The predicted molar refractivity (Wildman–Crippen MR) is 99.1 cm³/mol. The van der Waals surface area contributed by atoms with Crippen molar-refractivity contribution in [1.82, 2.24) is 20.1 Å². The minimum atomic E-state index is -0.255. The number of carbonyl (C=O) groups excluding carboxylic acids is 1. The number of thiazole rings is 1. The van der Waals surface area contributed by atoms with Crippen LogP contribution in [0.25, 0.3) is 10.2 Å². The van der Waals surface area contributed by atoms with E-state index >= 15 is 0 Å². The van der Waals surface area contributed by atoms with E-state index in [0.29, 0.717) is 13.1 Å². The van der Waals surface area contributed by atoms with Gasteiger partial charge in [-0.05, 0) is 31.0 Å². The van der Waals surface area contributed by atoms with E-state index in [-0.39, 0.29) is 17.2 Å². The van der Waals surface area contributed by atoms with E-state index in [9.17, 15) is 9.59 Å². The van der Waals surface area contributed by atoms with Crippen molar-refractivity contribution in [2.45, 2.75) is 32.7 Å². The van der Waals surface area contributed by atoms with Gasteiger partial charge in [0.1, 0.15) is 5.69 Å². The number of rotatable bonds is 7. The summed E-state index contributed by atoms with van der Waals surface area (Å²) in [6, 6.07) is 10.9. The molecular formula is C18H20N4O2S. The molecule has 1 aromatic carbocycles. The standard InChI is InChI=1S/C18H20N4O2S/c1-2-12-22-17(23)10-9-14(21-22)18(24)19-11-5-8-16-20-13-6-3-4-7-15(13)25-16/h3-4,6-7,9-10H,2,5,8,11-12H2,1H3,(H,19,24). The molecule has 0 saturated heterocycles. The minimum absolute atomic E-state index is 0.186. The average molecular weight is 356 g/mol. The number of nitrogens with one attached hydrogen (secondary N) is 1. The monoisotopic (exact) mass is 356 g/mol. The van der Waals surface area contributed by atoms with Gasteiger partial charge in [-0.1, -0.05) is 19.1 Å². The van der Waals surface area contributed by atoms with Gasteiger partial charge in [0.15, 0.2) is 0 Å². The third kappa shape index (κ3) is 4.30. The molecule has 6 nitrogen and oxygen atoms in total. The zero-order valence-corrected chi connectivity index (χ0v) is 14.9.